The normalized spacial score (nSPS) is 11.5. The summed E-state index contributed by atoms with van der Waals surface area (Å²) in [5, 5.41) is 1.72. The van der Waals surface area contributed by atoms with Gasteiger partial charge in [0.05, 0.1) is 5.69 Å². The van der Waals surface area contributed by atoms with E-state index in [0.717, 1.165) is 5.56 Å². The fourth-order valence-electron chi connectivity index (χ4n) is 1.63. The molecule has 0 atom stereocenters. The molecular weight excluding hydrogens is 348 g/mol. The highest BCUT2D eigenvalue weighted by molar-refractivity contribution is 9.10. The number of sulfonamides is 1. The Morgan fingerprint density at radius 3 is 2.79 bits per heavy atom. The summed E-state index contributed by atoms with van der Waals surface area (Å²) in [6.07, 6.45) is 0. The van der Waals surface area contributed by atoms with Crippen molar-refractivity contribution >= 4 is 43.0 Å². The maximum absolute atomic E-state index is 12.3. The minimum absolute atomic E-state index is 0.211. The van der Waals surface area contributed by atoms with Crippen LogP contribution in [-0.2, 0) is 16.6 Å². The molecule has 0 saturated heterocycles. The zero-order valence-corrected chi connectivity index (χ0v) is 13.4. The van der Waals surface area contributed by atoms with Crippen molar-refractivity contribution in [3.05, 3.63) is 44.6 Å². The molecule has 0 spiro atoms. The number of hydrogen-bond acceptors (Lipinski definition) is 4. The van der Waals surface area contributed by atoms with Gasteiger partial charge < -0.3 is 5.73 Å². The van der Waals surface area contributed by atoms with Gasteiger partial charge >= 0.3 is 0 Å². The predicted molar refractivity (Wildman–Crippen MR) is 81.9 cm³/mol. The van der Waals surface area contributed by atoms with Crippen LogP contribution in [0.2, 0.25) is 0 Å². The first kappa shape index (κ1) is 14.5. The number of halogens is 1. The van der Waals surface area contributed by atoms with Crippen LogP contribution < -0.4 is 10.5 Å². The van der Waals surface area contributed by atoms with E-state index in [4.69, 9.17) is 5.73 Å². The molecule has 102 valence electrons. The van der Waals surface area contributed by atoms with Crippen LogP contribution in [0.5, 0.6) is 0 Å². The van der Waals surface area contributed by atoms with E-state index in [-0.39, 0.29) is 11.4 Å². The molecule has 0 aliphatic rings. The highest BCUT2D eigenvalue weighted by Gasteiger charge is 2.20. The van der Waals surface area contributed by atoms with E-state index in [1.165, 1.54) is 11.3 Å². The number of nitrogens with two attached hydrogens (primary N) is 1. The van der Waals surface area contributed by atoms with Gasteiger partial charge in [-0.05, 0) is 52.0 Å². The fourth-order valence-corrected chi connectivity index (χ4v) is 4.52. The number of thiophene rings is 1. The highest BCUT2D eigenvalue weighted by atomic mass is 79.9. The zero-order chi connectivity index (χ0) is 14.0. The first-order valence-corrected chi connectivity index (χ1v) is 8.65. The van der Waals surface area contributed by atoms with Crippen LogP contribution in [-0.4, -0.2) is 8.42 Å². The summed E-state index contributed by atoms with van der Waals surface area (Å²) in [4.78, 5) is 0.893. The maximum Gasteiger partial charge on any atom is 0.263 e. The molecule has 0 amide bonds. The topological polar surface area (TPSA) is 72.2 Å². The summed E-state index contributed by atoms with van der Waals surface area (Å²) in [5.74, 6) is 0. The van der Waals surface area contributed by atoms with Crippen molar-refractivity contribution in [2.75, 3.05) is 4.72 Å². The Bertz CT molecular complexity index is 696. The van der Waals surface area contributed by atoms with Crippen molar-refractivity contribution in [1.29, 1.82) is 0 Å². The third-order valence-electron chi connectivity index (χ3n) is 2.55. The smallest absolute Gasteiger partial charge is 0.263 e. The number of aryl methyl sites for hydroxylation is 1. The molecule has 0 aliphatic carbocycles. The first-order chi connectivity index (χ1) is 8.94. The lowest BCUT2D eigenvalue weighted by molar-refractivity contribution is 0.600. The largest absolute Gasteiger partial charge is 0.326 e. The summed E-state index contributed by atoms with van der Waals surface area (Å²) in [6, 6.07) is 7.05. The molecule has 1 aromatic carbocycles. The lowest BCUT2D eigenvalue weighted by atomic mass is 10.2. The third-order valence-corrected chi connectivity index (χ3v) is 5.76. The molecule has 0 fully saturated rings. The van der Waals surface area contributed by atoms with Crippen molar-refractivity contribution < 1.29 is 8.42 Å². The predicted octanol–water partition coefficient (Wildman–Crippen LogP) is 3.08. The number of rotatable bonds is 4. The lowest BCUT2D eigenvalue weighted by Crippen LogP contribution is -2.15. The SMILES string of the molecule is Cc1ccc(Br)c(NS(=O)(=O)c2ccsc2CN)c1. The average molecular weight is 361 g/mol. The average Bonchev–Trinajstić information content (AvgIpc) is 2.82. The third kappa shape index (κ3) is 3.17. The quantitative estimate of drug-likeness (QED) is 0.879. The van der Waals surface area contributed by atoms with E-state index in [1.807, 2.05) is 19.1 Å². The second-order valence-corrected chi connectivity index (χ2v) is 7.51. The number of nitrogens with one attached hydrogen (secondary N) is 1. The Labute approximate surface area is 124 Å². The van der Waals surface area contributed by atoms with Crippen molar-refractivity contribution in [3.63, 3.8) is 0 Å². The summed E-state index contributed by atoms with van der Waals surface area (Å²) in [7, 11) is -3.60. The summed E-state index contributed by atoms with van der Waals surface area (Å²) in [5.41, 5.74) is 7.05. The Balaban J connectivity index is 2.39. The second kappa shape index (κ2) is 5.62. The van der Waals surface area contributed by atoms with Gasteiger partial charge in [0, 0.05) is 15.9 Å². The standard InChI is InChI=1S/C12H13BrN2O2S2/c1-8-2-3-9(13)10(6-8)15-19(16,17)12-4-5-18-11(12)7-14/h2-6,15H,7,14H2,1H3. The molecule has 0 aliphatic heterocycles. The molecule has 0 saturated carbocycles. The van der Waals surface area contributed by atoms with E-state index >= 15 is 0 Å². The van der Waals surface area contributed by atoms with Gasteiger partial charge in [0.2, 0.25) is 0 Å². The first-order valence-electron chi connectivity index (χ1n) is 5.49. The van der Waals surface area contributed by atoms with E-state index in [9.17, 15) is 8.42 Å². The zero-order valence-electron chi connectivity index (χ0n) is 10.2. The van der Waals surface area contributed by atoms with Crippen molar-refractivity contribution in [1.82, 2.24) is 0 Å². The van der Waals surface area contributed by atoms with E-state index < -0.39 is 10.0 Å². The summed E-state index contributed by atoms with van der Waals surface area (Å²) >= 11 is 4.67. The van der Waals surface area contributed by atoms with Gasteiger partial charge in [-0.25, -0.2) is 8.42 Å². The van der Waals surface area contributed by atoms with Crippen LogP contribution in [0, 0.1) is 6.92 Å². The molecule has 7 heteroatoms. The summed E-state index contributed by atoms with van der Waals surface area (Å²) < 4.78 is 27.9. The Kier molecular flexibility index (Phi) is 4.29. The summed E-state index contributed by atoms with van der Waals surface area (Å²) in [6.45, 7) is 2.11. The van der Waals surface area contributed by atoms with Gasteiger partial charge in [-0.2, -0.15) is 0 Å². The van der Waals surface area contributed by atoms with Crippen LogP contribution in [0.1, 0.15) is 10.4 Å². The molecule has 1 aromatic heterocycles. The number of hydrogen-bond donors (Lipinski definition) is 2. The minimum Gasteiger partial charge on any atom is -0.326 e. The van der Waals surface area contributed by atoms with Gasteiger partial charge in [0.25, 0.3) is 10.0 Å². The van der Waals surface area contributed by atoms with Crippen molar-refractivity contribution in [2.24, 2.45) is 5.73 Å². The van der Waals surface area contributed by atoms with Crippen LogP contribution in [0.15, 0.2) is 39.0 Å². The molecule has 2 rings (SSSR count). The molecule has 0 unspecified atom stereocenters. The monoisotopic (exact) mass is 360 g/mol. The van der Waals surface area contributed by atoms with E-state index in [2.05, 4.69) is 20.7 Å². The lowest BCUT2D eigenvalue weighted by Gasteiger charge is -2.10. The maximum atomic E-state index is 12.3. The minimum atomic E-state index is -3.60. The van der Waals surface area contributed by atoms with Crippen molar-refractivity contribution in [2.45, 2.75) is 18.4 Å². The van der Waals surface area contributed by atoms with Gasteiger partial charge in [0.1, 0.15) is 4.90 Å². The van der Waals surface area contributed by atoms with Crippen LogP contribution >= 0.6 is 27.3 Å². The molecule has 0 radical (unpaired) electrons. The molecule has 1 heterocycles. The highest BCUT2D eigenvalue weighted by Crippen LogP contribution is 2.28. The molecule has 3 N–H and O–H groups in total. The van der Waals surface area contributed by atoms with Crippen LogP contribution in [0.3, 0.4) is 0 Å². The molecule has 0 bridgehead atoms. The number of anilines is 1. The van der Waals surface area contributed by atoms with Crippen LogP contribution in [0.25, 0.3) is 0 Å². The van der Waals surface area contributed by atoms with Crippen molar-refractivity contribution in [3.8, 4) is 0 Å². The van der Waals surface area contributed by atoms with E-state index in [1.54, 1.807) is 17.5 Å². The van der Waals surface area contributed by atoms with Gasteiger partial charge in [0.15, 0.2) is 0 Å². The number of benzene rings is 1. The molecule has 4 nitrogen and oxygen atoms in total. The second-order valence-electron chi connectivity index (χ2n) is 4.00. The fraction of sp³-hybridized carbons (Fsp3) is 0.167. The van der Waals surface area contributed by atoms with E-state index in [0.29, 0.717) is 15.0 Å². The molecular formula is C12H13BrN2O2S2. The van der Waals surface area contributed by atoms with Gasteiger partial charge in [-0.3, -0.25) is 4.72 Å². The van der Waals surface area contributed by atoms with Gasteiger partial charge in [-0.15, -0.1) is 11.3 Å². The van der Waals surface area contributed by atoms with Crippen LogP contribution in [0.4, 0.5) is 5.69 Å². The Morgan fingerprint density at radius 2 is 2.11 bits per heavy atom. The molecule has 19 heavy (non-hydrogen) atoms. The Morgan fingerprint density at radius 1 is 1.37 bits per heavy atom. The van der Waals surface area contributed by atoms with Gasteiger partial charge in [-0.1, -0.05) is 6.07 Å². The molecule has 2 aromatic rings. The Hall–Kier alpha value is -0.890.